The first-order valence-electron chi connectivity index (χ1n) is 26.8. The van der Waals surface area contributed by atoms with E-state index in [1.165, 1.54) is 119 Å². The van der Waals surface area contributed by atoms with E-state index in [4.69, 9.17) is 0 Å². The van der Waals surface area contributed by atoms with Gasteiger partial charge >= 0.3 is 0 Å². The number of aromatic nitrogens is 1. The fourth-order valence-corrected chi connectivity index (χ4v) is 14.9. The molecule has 9 aromatic carbocycles. The van der Waals surface area contributed by atoms with Gasteiger partial charge in [-0.3, -0.25) is 0 Å². The van der Waals surface area contributed by atoms with E-state index in [0.29, 0.717) is 11.8 Å². The average Bonchev–Trinajstić information content (AvgIpc) is 4.03. The molecule has 3 nitrogen and oxygen atoms in total. The Hall–Kier alpha value is -6.71. The molecular weight excluding hydrogens is 947 g/mol. The minimum Gasteiger partial charge on any atom is -0.310 e. The van der Waals surface area contributed by atoms with Crippen molar-refractivity contribution in [3.05, 3.63) is 187 Å². The number of thiophene rings is 1. The van der Waals surface area contributed by atoms with Gasteiger partial charge in [-0.25, -0.2) is 0 Å². The highest BCUT2D eigenvalue weighted by atomic mass is 32.1. The summed E-state index contributed by atoms with van der Waals surface area (Å²) in [5, 5.41) is 13.4. The van der Waals surface area contributed by atoms with Gasteiger partial charge in [0.1, 0.15) is 0 Å². The van der Waals surface area contributed by atoms with Crippen LogP contribution in [0.2, 0.25) is 39.3 Å². The maximum absolute atomic E-state index is 2.60. The van der Waals surface area contributed by atoms with Crippen LogP contribution in [0.1, 0.15) is 77.0 Å². The van der Waals surface area contributed by atoms with Crippen LogP contribution in [0.15, 0.2) is 170 Å². The van der Waals surface area contributed by atoms with Crippen LogP contribution < -0.4 is 20.2 Å². The second-order valence-electron chi connectivity index (χ2n) is 24.8. The van der Waals surface area contributed by atoms with Crippen molar-refractivity contribution in [2.75, 3.05) is 9.80 Å². The van der Waals surface area contributed by atoms with Crippen molar-refractivity contribution >= 4 is 141 Å². The lowest BCUT2D eigenvalue weighted by molar-refractivity contribution is 0.592. The van der Waals surface area contributed by atoms with Crippen LogP contribution in [0.3, 0.4) is 0 Å². The third kappa shape index (κ3) is 8.12. The molecule has 6 heteroatoms. The highest BCUT2D eigenvalue weighted by Crippen LogP contribution is 2.48. The summed E-state index contributed by atoms with van der Waals surface area (Å²) in [6, 6.07) is 66.3. The topological polar surface area (TPSA) is 10.9 Å². The molecule has 0 bridgehead atoms. The quantitative estimate of drug-likeness (QED) is 0.126. The Labute approximate surface area is 444 Å². The molecule has 3 heterocycles. The molecular formula is C68H69N3SSi2. The minimum absolute atomic E-state index is 0.0230. The number of hydrogen-bond acceptors (Lipinski definition) is 3. The first kappa shape index (κ1) is 48.2. The van der Waals surface area contributed by atoms with Crippen LogP contribution in [0, 0.1) is 0 Å². The largest absolute Gasteiger partial charge is 0.310 e. The fraction of sp³-hybridized carbons (Fsp3) is 0.235. The van der Waals surface area contributed by atoms with Gasteiger partial charge in [-0.05, 0) is 148 Å². The van der Waals surface area contributed by atoms with Crippen LogP contribution in [-0.4, -0.2) is 20.5 Å². The Bertz CT molecular complexity index is 4100. The Balaban J connectivity index is 1.07. The van der Waals surface area contributed by atoms with Gasteiger partial charge in [-0.2, -0.15) is 0 Å². The van der Waals surface area contributed by atoms with Crippen molar-refractivity contribution in [2.24, 2.45) is 0 Å². The van der Waals surface area contributed by atoms with E-state index in [1.807, 2.05) is 11.3 Å². The number of rotatable bonds is 10. The first-order valence-corrected chi connectivity index (χ1v) is 34.6. The van der Waals surface area contributed by atoms with Crippen molar-refractivity contribution in [3.63, 3.8) is 0 Å². The maximum atomic E-state index is 2.60. The Morgan fingerprint density at radius 3 is 1.34 bits per heavy atom. The number of hydrogen-bond donors (Lipinski definition) is 0. The SMILES string of the molecule is CC(C)c1ccc(N(c2ccc([Si](C)(C)C)cc2)c2ccc3c(c2)sc2ccc4cc5c6cc(C(C)(C)C)cc7c8ccc(N(c9ccc(C(C)C)cc9)c9ccc([Si](C)(C)C)cc9)cc8n(c5cc4c23)c76)cc1. The maximum Gasteiger partial charge on any atom is 0.0775 e. The highest BCUT2D eigenvalue weighted by molar-refractivity contribution is 7.26. The fourth-order valence-electron chi connectivity index (χ4n) is 11.5. The van der Waals surface area contributed by atoms with Crippen LogP contribution in [-0.2, 0) is 5.41 Å². The lowest BCUT2D eigenvalue weighted by Gasteiger charge is -2.27. The molecule has 3 aromatic heterocycles. The molecule has 12 aromatic rings. The Kier molecular flexibility index (Phi) is 11.4. The van der Waals surface area contributed by atoms with Crippen molar-refractivity contribution in [2.45, 2.75) is 105 Å². The molecule has 12 rings (SSSR count). The van der Waals surface area contributed by atoms with E-state index in [-0.39, 0.29) is 5.41 Å². The summed E-state index contributed by atoms with van der Waals surface area (Å²) in [4.78, 5) is 4.90. The molecule has 0 aliphatic rings. The molecule has 0 unspecified atom stereocenters. The summed E-state index contributed by atoms with van der Waals surface area (Å²) in [5.41, 5.74) is 14.8. The third-order valence-electron chi connectivity index (χ3n) is 15.9. The molecule has 0 N–H and O–H groups in total. The van der Waals surface area contributed by atoms with Crippen LogP contribution in [0.4, 0.5) is 34.1 Å². The van der Waals surface area contributed by atoms with Gasteiger partial charge in [0.05, 0.1) is 32.7 Å². The summed E-state index contributed by atoms with van der Waals surface area (Å²) >= 11 is 1.91. The summed E-state index contributed by atoms with van der Waals surface area (Å²) in [7, 11) is -2.97. The molecule has 0 spiro atoms. The third-order valence-corrected chi connectivity index (χ3v) is 21.2. The van der Waals surface area contributed by atoms with E-state index in [1.54, 1.807) is 0 Å². The Morgan fingerprint density at radius 2 is 0.851 bits per heavy atom. The van der Waals surface area contributed by atoms with Crippen molar-refractivity contribution in [3.8, 4) is 0 Å². The van der Waals surface area contributed by atoms with Crippen molar-refractivity contribution in [1.29, 1.82) is 0 Å². The molecule has 0 atom stereocenters. The number of anilines is 6. The average molecular weight is 1020 g/mol. The first-order chi connectivity index (χ1) is 35.2. The molecule has 370 valence electrons. The van der Waals surface area contributed by atoms with Gasteiger partial charge in [-0.15, -0.1) is 11.3 Å². The van der Waals surface area contributed by atoms with Gasteiger partial charge in [0.25, 0.3) is 0 Å². The van der Waals surface area contributed by atoms with E-state index in [2.05, 4.69) is 272 Å². The normalized spacial score (nSPS) is 12.9. The van der Waals surface area contributed by atoms with Crippen molar-refractivity contribution in [1.82, 2.24) is 4.40 Å². The second-order valence-corrected chi connectivity index (χ2v) is 36.0. The number of benzene rings is 9. The van der Waals surface area contributed by atoms with Gasteiger partial charge in [-0.1, -0.05) is 165 Å². The molecule has 0 saturated heterocycles. The van der Waals surface area contributed by atoms with Crippen LogP contribution >= 0.6 is 11.3 Å². The van der Waals surface area contributed by atoms with Crippen LogP contribution in [0.25, 0.3) is 69.0 Å². The van der Waals surface area contributed by atoms with E-state index in [0.717, 1.165) is 11.4 Å². The summed E-state index contributed by atoms with van der Waals surface area (Å²) < 4.78 is 5.20. The van der Waals surface area contributed by atoms with Crippen molar-refractivity contribution < 1.29 is 0 Å². The van der Waals surface area contributed by atoms with E-state index >= 15 is 0 Å². The predicted octanol–water partition coefficient (Wildman–Crippen LogP) is 19.9. The monoisotopic (exact) mass is 1020 g/mol. The van der Waals surface area contributed by atoms with Gasteiger partial charge in [0, 0.05) is 75.8 Å². The lowest BCUT2D eigenvalue weighted by Crippen LogP contribution is -2.37. The second kappa shape index (κ2) is 17.4. The zero-order valence-electron chi connectivity index (χ0n) is 45.6. The van der Waals surface area contributed by atoms with Crippen LogP contribution in [0.5, 0.6) is 0 Å². The predicted molar refractivity (Wildman–Crippen MR) is 334 cm³/mol. The summed E-state index contributed by atoms with van der Waals surface area (Å²) in [5.74, 6) is 0.934. The van der Waals surface area contributed by atoms with E-state index in [9.17, 15) is 0 Å². The highest BCUT2D eigenvalue weighted by Gasteiger charge is 2.26. The summed E-state index contributed by atoms with van der Waals surface area (Å²) in [6.45, 7) is 30.7. The minimum atomic E-state index is -1.50. The molecule has 74 heavy (non-hydrogen) atoms. The van der Waals surface area contributed by atoms with E-state index < -0.39 is 16.1 Å². The van der Waals surface area contributed by atoms with Gasteiger partial charge in [0.15, 0.2) is 0 Å². The smallest absolute Gasteiger partial charge is 0.0775 e. The molecule has 0 radical (unpaired) electrons. The molecule has 0 amide bonds. The zero-order valence-corrected chi connectivity index (χ0v) is 48.4. The standard InChI is InChI=1S/C68H69N3SSi2/c1-42(2)44-14-19-48(20-15-44)69(50-23-29-54(30-24-50)73(8,9)10)52-27-33-56-60-37-47(68(5,6)7)38-61-59-36-46-18-35-64-66(58(46)41-63(59)71(67(60)61)62(56)39-52)57-34-28-53(40-65(57)72-64)70(49-21-16-45(17-22-49)43(3)4)51-25-31-55(32-26-51)74(11,12)13/h14-43H,1-13H3. The number of nitrogens with zero attached hydrogens (tertiary/aromatic N) is 3. The molecule has 0 aliphatic carbocycles. The Morgan fingerprint density at radius 1 is 0.405 bits per heavy atom. The van der Waals surface area contributed by atoms with Gasteiger partial charge < -0.3 is 14.2 Å². The molecule has 0 saturated carbocycles. The lowest BCUT2D eigenvalue weighted by atomic mass is 9.85. The summed E-state index contributed by atoms with van der Waals surface area (Å²) in [6.07, 6.45) is 0. The molecule has 0 aliphatic heterocycles. The van der Waals surface area contributed by atoms with Gasteiger partial charge in [0.2, 0.25) is 0 Å². The number of fused-ring (bicyclic) bond motifs is 11. The molecule has 0 fully saturated rings. The zero-order chi connectivity index (χ0) is 51.7.